The standard InChI is InChI=1S/C28H29F3N4O/c1-3-6-23-26(19-12-10-18(2)11-13-19)27-32-25(34-14-5-9-22(34)17-36)16-24(35(27)33-23)20-7-4-8-21(15-20)28(29,30)31/h4,7-8,10-13,15-16,22,36H,3,5-6,9,14,17H2,1-2H3/t22-/m0/s1. The number of alkyl halides is 3. The highest BCUT2D eigenvalue weighted by Gasteiger charge is 2.31. The van der Waals surface area contributed by atoms with Crippen molar-refractivity contribution in [2.45, 2.75) is 51.7 Å². The Morgan fingerprint density at radius 2 is 1.83 bits per heavy atom. The van der Waals surface area contributed by atoms with Gasteiger partial charge in [0.2, 0.25) is 0 Å². The quantitative estimate of drug-likeness (QED) is 0.342. The highest BCUT2D eigenvalue weighted by Crippen LogP contribution is 2.37. The minimum atomic E-state index is -4.45. The van der Waals surface area contributed by atoms with Gasteiger partial charge >= 0.3 is 6.18 Å². The summed E-state index contributed by atoms with van der Waals surface area (Å²) < 4.78 is 42.4. The van der Waals surface area contributed by atoms with Crippen LogP contribution in [0.2, 0.25) is 0 Å². The number of aryl methyl sites for hydroxylation is 2. The zero-order valence-electron chi connectivity index (χ0n) is 20.4. The van der Waals surface area contributed by atoms with Crippen LogP contribution in [0.3, 0.4) is 0 Å². The van der Waals surface area contributed by atoms with E-state index in [-0.39, 0.29) is 12.6 Å². The van der Waals surface area contributed by atoms with Crippen molar-refractivity contribution >= 4 is 11.5 Å². The third-order valence-corrected chi connectivity index (χ3v) is 6.84. The summed E-state index contributed by atoms with van der Waals surface area (Å²) >= 11 is 0. The van der Waals surface area contributed by atoms with Crippen LogP contribution in [0.5, 0.6) is 0 Å². The number of rotatable bonds is 6. The summed E-state index contributed by atoms with van der Waals surface area (Å²) in [7, 11) is 0. The number of benzene rings is 2. The van der Waals surface area contributed by atoms with Crippen molar-refractivity contribution in [3.05, 3.63) is 71.4 Å². The maximum Gasteiger partial charge on any atom is 0.416 e. The Kier molecular flexibility index (Phi) is 6.47. The van der Waals surface area contributed by atoms with Crippen LogP contribution >= 0.6 is 0 Å². The van der Waals surface area contributed by atoms with Crippen molar-refractivity contribution in [1.29, 1.82) is 0 Å². The molecule has 1 aliphatic rings. The number of anilines is 1. The second kappa shape index (κ2) is 9.58. The van der Waals surface area contributed by atoms with Gasteiger partial charge in [-0.25, -0.2) is 9.50 Å². The van der Waals surface area contributed by atoms with Crippen molar-refractivity contribution in [3.8, 4) is 22.4 Å². The lowest BCUT2D eigenvalue weighted by Crippen LogP contribution is -2.32. The first kappa shape index (κ1) is 24.3. The molecule has 0 aliphatic carbocycles. The average Bonchev–Trinajstić information content (AvgIpc) is 3.48. The van der Waals surface area contributed by atoms with Crippen molar-refractivity contribution in [2.24, 2.45) is 0 Å². The van der Waals surface area contributed by atoms with E-state index in [1.807, 2.05) is 31.2 Å². The van der Waals surface area contributed by atoms with Crippen molar-refractivity contribution in [2.75, 3.05) is 18.1 Å². The molecule has 2 aromatic carbocycles. The van der Waals surface area contributed by atoms with Crippen LogP contribution in [0.1, 0.15) is 43.0 Å². The monoisotopic (exact) mass is 494 g/mol. The predicted molar refractivity (Wildman–Crippen MR) is 135 cm³/mol. The highest BCUT2D eigenvalue weighted by atomic mass is 19.4. The molecule has 188 valence electrons. The van der Waals surface area contributed by atoms with E-state index in [0.29, 0.717) is 29.1 Å². The SMILES string of the molecule is CCCc1nn2c(-c3cccc(C(F)(F)F)c3)cc(N3CCC[C@H]3CO)nc2c1-c1ccc(C)cc1. The summed E-state index contributed by atoms with van der Waals surface area (Å²) in [5.74, 6) is 0.641. The number of aliphatic hydroxyl groups excluding tert-OH is 1. The molecule has 0 unspecified atom stereocenters. The Bertz CT molecular complexity index is 1380. The molecule has 0 amide bonds. The zero-order chi connectivity index (χ0) is 25.4. The highest BCUT2D eigenvalue weighted by molar-refractivity contribution is 5.83. The molecular formula is C28H29F3N4O. The lowest BCUT2D eigenvalue weighted by molar-refractivity contribution is -0.137. The Morgan fingerprint density at radius 1 is 1.06 bits per heavy atom. The van der Waals surface area contributed by atoms with Gasteiger partial charge in [0.25, 0.3) is 0 Å². The molecule has 1 N–H and O–H groups in total. The molecule has 1 atom stereocenters. The van der Waals surface area contributed by atoms with E-state index >= 15 is 0 Å². The minimum absolute atomic E-state index is 0.00306. The summed E-state index contributed by atoms with van der Waals surface area (Å²) in [6.07, 6.45) is -1.11. The van der Waals surface area contributed by atoms with Gasteiger partial charge in [-0.3, -0.25) is 0 Å². The van der Waals surface area contributed by atoms with Gasteiger partial charge in [-0.2, -0.15) is 18.3 Å². The fourth-order valence-electron chi connectivity index (χ4n) is 5.01. The molecule has 5 rings (SSSR count). The van der Waals surface area contributed by atoms with E-state index in [0.717, 1.165) is 54.3 Å². The smallest absolute Gasteiger partial charge is 0.394 e. The topological polar surface area (TPSA) is 53.7 Å². The van der Waals surface area contributed by atoms with E-state index in [2.05, 4.69) is 11.8 Å². The van der Waals surface area contributed by atoms with Crippen LogP contribution in [0.15, 0.2) is 54.6 Å². The molecule has 8 heteroatoms. The summed E-state index contributed by atoms with van der Waals surface area (Å²) in [6.45, 7) is 4.83. The van der Waals surface area contributed by atoms with E-state index < -0.39 is 11.7 Å². The van der Waals surface area contributed by atoms with Gasteiger partial charge in [-0.1, -0.05) is 55.3 Å². The maximum absolute atomic E-state index is 13.6. The first-order valence-corrected chi connectivity index (χ1v) is 12.3. The van der Waals surface area contributed by atoms with E-state index in [1.165, 1.54) is 12.1 Å². The first-order chi connectivity index (χ1) is 17.3. The third kappa shape index (κ3) is 4.46. The van der Waals surface area contributed by atoms with E-state index in [9.17, 15) is 18.3 Å². The second-order valence-corrected chi connectivity index (χ2v) is 9.42. The molecular weight excluding hydrogens is 465 g/mol. The third-order valence-electron chi connectivity index (χ3n) is 6.84. The molecule has 5 nitrogen and oxygen atoms in total. The van der Waals surface area contributed by atoms with Crippen LogP contribution in [0.25, 0.3) is 28.0 Å². The summed E-state index contributed by atoms with van der Waals surface area (Å²) in [5.41, 5.74) is 4.72. The molecule has 36 heavy (non-hydrogen) atoms. The normalized spacial score (nSPS) is 16.3. The molecule has 0 bridgehead atoms. The number of hydrogen-bond acceptors (Lipinski definition) is 4. The minimum Gasteiger partial charge on any atom is -0.394 e. The molecule has 0 radical (unpaired) electrons. The summed E-state index contributed by atoms with van der Waals surface area (Å²) in [6, 6.07) is 15.2. The average molecular weight is 495 g/mol. The second-order valence-electron chi connectivity index (χ2n) is 9.42. The van der Waals surface area contributed by atoms with Crippen LogP contribution in [-0.4, -0.2) is 38.9 Å². The molecule has 0 spiro atoms. The predicted octanol–water partition coefficient (Wildman–Crippen LogP) is 6.30. The van der Waals surface area contributed by atoms with E-state index in [4.69, 9.17) is 10.1 Å². The van der Waals surface area contributed by atoms with Gasteiger partial charge in [0.1, 0.15) is 5.82 Å². The van der Waals surface area contributed by atoms with Gasteiger partial charge in [0.05, 0.1) is 29.6 Å². The lowest BCUT2D eigenvalue weighted by atomic mass is 10.0. The number of nitrogens with zero attached hydrogens (tertiary/aromatic N) is 4. The molecule has 0 saturated carbocycles. The van der Waals surface area contributed by atoms with Crippen molar-refractivity contribution in [3.63, 3.8) is 0 Å². The van der Waals surface area contributed by atoms with Crippen LogP contribution < -0.4 is 4.90 Å². The Labute approximate surface area is 208 Å². The summed E-state index contributed by atoms with van der Waals surface area (Å²) in [5, 5.41) is 14.8. The molecule has 2 aromatic heterocycles. The number of aliphatic hydroxyl groups is 1. The molecule has 3 heterocycles. The Morgan fingerprint density at radius 3 is 2.53 bits per heavy atom. The van der Waals surface area contributed by atoms with Gasteiger partial charge < -0.3 is 10.0 Å². The lowest BCUT2D eigenvalue weighted by Gasteiger charge is -2.25. The zero-order valence-corrected chi connectivity index (χ0v) is 20.4. The van der Waals surface area contributed by atoms with Crippen molar-refractivity contribution in [1.82, 2.24) is 14.6 Å². The fourth-order valence-corrected chi connectivity index (χ4v) is 5.01. The first-order valence-electron chi connectivity index (χ1n) is 12.3. The molecule has 4 aromatic rings. The number of fused-ring (bicyclic) bond motifs is 1. The molecule has 1 aliphatic heterocycles. The Balaban J connectivity index is 1.80. The number of hydrogen-bond donors (Lipinski definition) is 1. The van der Waals surface area contributed by atoms with Gasteiger partial charge in [0, 0.05) is 23.7 Å². The largest absolute Gasteiger partial charge is 0.416 e. The number of aromatic nitrogens is 3. The fraction of sp³-hybridized carbons (Fsp3) is 0.357. The van der Waals surface area contributed by atoms with Gasteiger partial charge in [-0.05, 0) is 43.9 Å². The van der Waals surface area contributed by atoms with E-state index in [1.54, 1.807) is 16.6 Å². The molecule has 1 saturated heterocycles. The maximum atomic E-state index is 13.6. The van der Waals surface area contributed by atoms with Crippen molar-refractivity contribution < 1.29 is 18.3 Å². The van der Waals surface area contributed by atoms with Crippen LogP contribution in [-0.2, 0) is 12.6 Å². The Hall–Kier alpha value is -3.39. The molecule has 1 fully saturated rings. The number of halogens is 3. The van der Waals surface area contributed by atoms with Crippen LogP contribution in [0.4, 0.5) is 19.0 Å². The van der Waals surface area contributed by atoms with Gasteiger partial charge in [-0.15, -0.1) is 0 Å². The summed E-state index contributed by atoms with van der Waals surface area (Å²) in [4.78, 5) is 7.07. The van der Waals surface area contributed by atoms with Crippen LogP contribution in [0, 0.1) is 6.92 Å². The van der Waals surface area contributed by atoms with Gasteiger partial charge in [0.15, 0.2) is 5.65 Å².